The van der Waals surface area contributed by atoms with E-state index in [0.29, 0.717) is 5.57 Å². The summed E-state index contributed by atoms with van der Waals surface area (Å²) >= 11 is 0. The van der Waals surface area contributed by atoms with E-state index in [9.17, 15) is 4.79 Å². The van der Waals surface area contributed by atoms with Gasteiger partial charge in [0.25, 0.3) is 5.91 Å². The summed E-state index contributed by atoms with van der Waals surface area (Å²) in [6.07, 6.45) is 7.72. The van der Waals surface area contributed by atoms with Crippen LogP contribution in [-0.2, 0) is 9.63 Å². The van der Waals surface area contributed by atoms with Gasteiger partial charge in [-0.3, -0.25) is 9.63 Å². The summed E-state index contributed by atoms with van der Waals surface area (Å²) in [5.41, 5.74) is 0.608. The molecule has 0 radical (unpaired) electrons. The predicted molar refractivity (Wildman–Crippen MR) is 68.8 cm³/mol. The Morgan fingerprint density at radius 2 is 2.00 bits per heavy atom. The number of allylic oxidation sites excluding steroid dienone is 3. The fourth-order valence-corrected chi connectivity index (χ4v) is 0.883. The first-order valence-electron chi connectivity index (χ1n) is 5.48. The van der Waals surface area contributed by atoms with Gasteiger partial charge in [0, 0.05) is 12.6 Å². The predicted octanol–water partition coefficient (Wildman–Crippen LogP) is 3.11. The van der Waals surface area contributed by atoms with Gasteiger partial charge in [-0.05, 0) is 12.5 Å². The molecule has 92 valence electrons. The minimum absolute atomic E-state index is 0.160. The van der Waals surface area contributed by atoms with E-state index in [-0.39, 0.29) is 5.91 Å². The third kappa shape index (κ3) is 7.01. The zero-order valence-corrected chi connectivity index (χ0v) is 11.0. The molecule has 0 rings (SSSR count). The molecule has 3 heteroatoms. The van der Waals surface area contributed by atoms with Crippen LogP contribution in [0.4, 0.5) is 0 Å². The molecule has 0 N–H and O–H groups in total. The van der Waals surface area contributed by atoms with Gasteiger partial charge in [0.1, 0.15) is 0 Å². The van der Waals surface area contributed by atoms with Crippen molar-refractivity contribution in [1.29, 1.82) is 0 Å². The maximum Gasteiger partial charge on any atom is 0.276 e. The summed E-state index contributed by atoms with van der Waals surface area (Å²) in [4.78, 5) is 16.4. The fraction of sp³-hybridized carbons (Fsp3) is 0.462. The lowest BCUT2D eigenvalue weighted by molar-refractivity contribution is -0.163. The molecule has 0 aliphatic carbocycles. The fourth-order valence-electron chi connectivity index (χ4n) is 0.883. The van der Waals surface area contributed by atoms with Gasteiger partial charge in [0.2, 0.25) is 0 Å². The van der Waals surface area contributed by atoms with Gasteiger partial charge in [0.05, 0.1) is 7.11 Å². The summed E-state index contributed by atoms with van der Waals surface area (Å²) in [5, 5.41) is 1.19. The van der Waals surface area contributed by atoms with E-state index in [4.69, 9.17) is 4.84 Å². The number of hydrogen-bond acceptors (Lipinski definition) is 2. The molecule has 0 atom stereocenters. The number of amides is 1. The normalized spacial score (nSPS) is 10.7. The van der Waals surface area contributed by atoms with E-state index >= 15 is 0 Å². The molecule has 0 fully saturated rings. The van der Waals surface area contributed by atoms with Crippen molar-refractivity contribution in [2.45, 2.75) is 27.2 Å². The summed E-state index contributed by atoms with van der Waals surface area (Å²) in [5.74, 6) is -0.160. The highest BCUT2D eigenvalue weighted by molar-refractivity contribution is 5.95. The smallest absolute Gasteiger partial charge is 0.274 e. The van der Waals surface area contributed by atoms with E-state index in [1.54, 1.807) is 25.3 Å². The average molecular weight is 225 g/mol. The van der Waals surface area contributed by atoms with Crippen LogP contribution in [0.1, 0.15) is 27.2 Å². The number of carbonyl (C=O) groups excluding carboxylic acids is 1. The second-order valence-electron chi connectivity index (χ2n) is 2.65. The highest BCUT2D eigenvalue weighted by Gasteiger charge is 2.10. The van der Waals surface area contributed by atoms with E-state index in [0.717, 1.165) is 6.42 Å². The molecule has 0 aliphatic heterocycles. The zero-order chi connectivity index (χ0) is 13.0. The third-order valence-corrected chi connectivity index (χ3v) is 1.64. The first kappa shape index (κ1) is 17.1. The average Bonchev–Trinajstić information content (AvgIpc) is 2.35. The van der Waals surface area contributed by atoms with Crippen molar-refractivity contribution < 1.29 is 9.63 Å². The Kier molecular flexibility index (Phi) is 12.5. The van der Waals surface area contributed by atoms with Gasteiger partial charge < -0.3 is 0 Å². The molecule has 0 aliphatic rings. The highest BCUT2D eigenvalue weighted by Crippen LogP contribution is 2.04. The molecule has 0 aromatic heterocycles. The molecule has 3 nitrogen and oxygen atoms in total. The molecule has 0 saturated carbocycles. The molecular formula is C13H23NO2. The molecule has 0 saturated heterocycles. The van der Waals surface area contributed by atoms with Crippen molar-refractivity contribution in [2.24, 2.45) is 0 Å². The summed E-state index contributed by atoms with van der Waals surface area (Å²) in [7, 11) is 3.03. The lowest BCUT2D eigenvalue weighted by Crippen LogP contribution is -2.26. The van der Waals surface area contributed by atoms with Crippen LogP contribution in [0.15, 0.2) is 36.5 Å². The van der Waals surface area contributed by atoms with Crippen molar-refractivity contribution in [2.75, 3.05) is 14.2 Å². The Morgan fingerprint density at radius 3 is 2.38 bits per heavy atom. The van der Waals surface area contributed by atoms with E-state index in [1.807, 2.05) is 26.8 Å². The number of likely N-dealkylation sites (N-methyl/N-ethyl adjacent to an activating group) is 1. The Hall–Kier alpha value is -1.35. The molecule has 0 aromatic carbocycles. The van der Waals surface area contributed by atoms with Gasteiger partial charge in [-0.2, -0.15) is 0 Å². The molecular weight excluding hydrogens is 202 g/mol. The van der Waals surface area contributed by atoms with Crippen LogP contribution < -0.4 is 0 Å². The van der Waals surface area contributed by atoms with Crippen LogP contribution in [0.25, 0.3) is 0 Å². The number of hydroxylamine groups is 2. The SMILES string of the molecule is C=C/C=C\C(=C/CC)C(=O)N(C)OC.CC. The maximum absolute atomic E-state index is 11.6. The van der Waals surface area contributed by atoms with E-state index in [2.05, 4.69) is 6.58 Å². The lowest BCUT2D eigenvalue weighted by atomic mass is 10.2. The van der Waals surface area contributed by atoms with Crippen LogP contribution in [0.3, 0.4) is 0 Å². The molecule has 1 amide bonds. The Balaban J connectivity index is 0. The number of rotatable bonds is 5. The Morgan fingerprint density at radius 1 is 1.44 bits per heavy atom. The van der Waals surface area contributed by atoms with Crippen molar-refractivity contribution in [3.8, 4) is 0 Å². The molecule has 16 heavy (non-hydrogen) atoms. The first-order chi connectivity index (χ1) is 7.67. The minimum atomic E-state index is -0.160. The van der Waals surface area contributed by atoms with Crippen LogP contribution in [0.2, 0.25) is 0 Å². The zero-order valence-electron chi connectivity index (χ0n) is 11.0. The largest absolute Gasteiger partial charge is 0.276 e. The van der Waals surface area contributed by atoms with Gasteiger partial charge in [-0.15, -0.1) is 0 Å². The molecule has 0 aromatic rings. The van der Waals surface area contributed by atoms with Crippen molar-refractivity contribution >= 4 is 5.91 Å². The number of carbonyl (C=O) groups is 1. The summed E-state index contributed by atoms with van der Waals surface area (Å²) < 4.78 is 0. The lowest BCUT2D eigenvalue weighted by Gasteiger charge is -2.13. The van der Waals surface area contributed by atoms with E-state index in [1.165, 1.54) is 12.2 Å². The van der Waals surface area contributed by atoms with Gasteiger partial charge in [0.15, 0.2) is 0 Å². The summed E-state index contributed by atoms with van der Waals surface area (Å²) in [6.45, 7) is 9.52. The Bertz CT molecular complexity index is 255. The first-order valence-corrected chi connectivity index (χ1v) is 5.48. The van der Waals surface area contributed by atoms with Crippen molar-refractivity contribution in [1.82, 2.24) is 5.06 Å². The summed E-state index contributed by atoms with van der Waals surface area (Å²) in [6, 6.07) is 0. The minimum Gasteiger partial charge on any atom is -0.274 e. The second-order valence-corrected chi connectivity index (χ2v) is 2.65. The molecule has 0 spiro atoms. The van der Waals surface area contributed by atoms with Gasteiger partial charge in [-0.25, -0.2) is 5.06 Å². The topological polar surface area (TPSA) is 29.5 Å². The number of hydrogen-bond donors (Lipinski definition) is 0. The van der Waals surface area contributed by atoms with Crippen molar-refractivity contribution in [3.05, 3.63) is 36.5 Å². The highest BCUT2D eigenvalue weighted by atomic mass is 16.7. The van der Waals surface area contributed by atoms with Crippen LogP contribution in [0, 0.1) is 0 Å². The van der Waals surface area contributed by atoms with E-state index < -0.39 is 0 Å². The maximum atomic E-state index is 11.6. The van der Waals surface area contributed by atoms with Crippen LogP contribution in [0.5, 0.6) is 0 Å². The molecule has 0 unspecified atom stereocenters. The Labute approximate surface area is 99.0 Å². The number of nitrogens with zero attached hydrogens (tertiary/aromatic N) is 1. The van der Waals surface area contributed by atoms with Crippen molar-refractivity contribution in [3.63, 3.8) is 0 Å². The second kappa shape index (κ2) is 11.7. The van der Waals surface area contributed by atoms with Crippen LogP contribution in [-0.4, -0.2) is 25.1 Å². The standard InChI is InChI=1S/C11H17NO2.C2H6/c1-5-7-9-10(8-6-2)11(13)12(3)14-4;1-2/h5,7-9H,1,6H2,2-4H3;1-2H3/b9-7-,10-8+;. The monoisotopic (exact) mass is 225 g/mol. The molecule has 0 heterocycles. The van der Waals surface area contributed by atoms with Gasteiger partial charge >= 0.3 is 0 Å². The molecule has 0 bridgehead atoms. The quantitative estimate of drug-likeness (QED) is 0.409. The van der Waals surface area contributed by atoms with Gasteiger partial charge in [-0.1, -0.05) is 45.6 Å². The van der Waals surface area contributed by atoms with Crippen LogP contribution >= 0.6 is 0 Å². The third-order valence-electron chi connectivity index (χ3n) is 1.64.